The number of amidine groups is 1. The molecule has 0 spiro atoms. The minimum Gasteiger partial charge on any atom is -0.491 e. The van der Waals surface area contributed by atoms with Gasteiger partial charge in [0.1, 0.15) is 19.0 Å². The normalized spacial score (nSPS) is 18.0. The number of hydrogen-bond donors (Lipinski definition) is 1. The van der Waals surface area contributed by atoms with Crippen molar-refractivity contribution in [1.82, 2.24) is 4.98 Å². The maximum Gasteiger partial charge on any atom is 0.283 e. The minimum atomic E-state index is -0.830. The molecule has 7 heteroatoms. The van der Waals surface area contributed by atoms with E-state index < -0.39 is 11.5 Å². The van der Waals surface area contributed by atoms with Crippen molar-refractivity contribution >= 4 is 6.02 Å². The van der Waals surface area contributed by atoms with Crippen molar-refractivity contribution in [2.45, 2.75) is 5.54 Å². The Labute approximate surface area is 174 Å². The first kappa shape index (κ1) is 19.8. The van der Waals surface area contributed by atoms with Gasteiger partial charge in [-0.05, 0) is 47.0 Å². The zero-order valence-corrected chi connectivity index (χ0v) is 16.5. The molecule has 4 rings (SSSR count). The van der Waals surface area contributed by atoms with Crippen molar-refractivity contribution in [1.29, 1.82) is 0 Å². The summed E-state index contributed by atoms with van der Waals surface area (Å²) in [4.78, 5) is 8.37. The van der Waals surface area contributed by atoms with Crippen LogP contribution in [0.1, 0.15) is 11.1 Å². The molecule has 1 unspecified atom stereocenters. The highest BCUT2D eigenvalue weighted by atomic mass is 19.1. The van der Waals surface area contributed by atoms with E-state index in [1.54, 1.807) is 19.2 Å². The summed E-state index contributed by atoms with van der Waals surface area (Å²) in [5.41, 5.74) is 7.93. The Morgan fingerprint density at radius 1 is 1.07 bits per heavy atom. The van der Waals surface area contributed by atoms with Gasteiger partial charge in [0.2, 0.25) is 5.95 Å². The lowest BCUT2D eigenvalue weighted by Crippen LogP contribution is -2.27. The van der Waals surface area contributed by atoms with E-state index >= 15 is 0 Å². The molecule has 1 aliphatic rings. The van der Waals surface area contributed by atoms with E-state index in [1.165, 1.54) is 6.20 Å². The van der Waals surface area contributed by atoms with Crippen molar-refractivity contribution < 1.29 is 18.6 Å². The van der Waals surface area contributed by atoms with Crippen LogP contribution in [-0.2, 0) is 15.0 Å². The van der Waals surface area contributed by atoms with Gasteiger partial charge in [0.25, 0.3) is 6.02 Å². The fourth-order valence-corrected chi connectivity index (χ4v) is 3.51. The molecule has 2 heterocycles. The number of rotatable bonds is 7. The molecule has 3 aromatic rings. The highest BCUT2D eigenvalue weighted by molar-refractivity contribution is 5.75. The van der Waals surface area contributed by atoms with Gasteiger partial charge in [-0.15, -0.1) is 0 Å². The molecule has 2 N–H and O–H groups in total. The molecule has 0 amide bonds. The summed E-state index contributed by atoms with van der Waals surface area (Å²) >= 11 is 0. The summed E-state index contributed by atoms with van der Waals surface area (Å²) in [7, 11) is 1.63. The number of hydrogen-bond acceptors (Lipinski definition) is 6. The van der Waals surface area contributed by atoms with E-state index in [2.05, 4.69) is 9.98 Å². The van der Waals surface area contributed by atoms with Crippen LogP contribution in [0.2, 0.25) is 0 Å². The number of aliphatic imine (C=N–C) groups is 1. The van der Waals surface area contributed by atoms with Crippen LogP contribution in [0.15, 0.2) is 71.9 Å². The van der Waals surface area contributed by atoms with E-state index in [9.17, 15) is 4.39 Å². The van der Waals surface area contributed by atoms with Crippen LogP contribution in [0.3, 0.4) is 0 Å². The van der Waals surface area contributed by atoms with Gasteiger partial charge < -0.3 is 19.9 Å². The van der Waals surface area contributed by atoms with E-state index in [0.717, 1.165) is 16.9 Å². The summed E-state index contributed by atoms with van der Waals surface area (Å²) in [6.45, 7) is 1.23. The number of methoxy groups -OCH3 is 1. The zero-order chi connectivity index (χ0) is 21.0. The van der Waals surface area contributed by atoms with Crippen molar-refractivity contribution in [2.75, 3.05) is 26.9 Å². The second-order valence-corrected chi connectivity index (χ2v) is 6.89. The molecule has 6 nitrogen and oxygen atoms in total. The predicted molar refractivity (Wildman–Crippen MR) is 112 cm³/mol. The number of nitrogens with zero attached hydrogens (tertiary/aromatic N) is 2. The third-order valence-corrected chi connectivity index (χ3v) is 5.03. The molecule has 2 aromatic carbocycles. The first-order valence-corrected chi connectivity index (χ1v) is 9.54. The van der Waals surface area contributed by atoms with E-state index in [-0.39, 0.29) is 12.6 Å². The number of ether oxygens (including phenoxy) is 3. The molecule has 30 heavy (non-hydrogen) atoms. The molecular formula is C23H22FN3O3. The highest BCUT2D eigenvalue weighted by Crippen LogP contribution is 2.39. The smallest absolute Gasteiger partial charge is 0.283 e. The maximum absolute atomic E-state index is 14.2. The quantitative estimate of drug-likeness (QED) is 0.479. The molecule has 0 radical (unpaired) electrons. The monoisotopic (exact) mass is 407 g/mol. The van der Waals surface area contributed by atoms with Crippen LogP contribution in [-0.4, -0.2) is 37.9 Å². The predicted octanol–water partition coefficient (Wildman–Crippen LogP) is 3.50. The third kappa shape index (κ3) is 3.84. The van der Waals surface area contributed by atoms with Crippen molar-refractivity contribution in [3.05, 3.63) is 83.9 Å². The second-order valence-electron chi connectivity index (χ2n) is 6.89. The number of pyridine rings is 1. The Morgan fingerprint density at radius 2 is 1.90 bits per heavy atom. The Bertz CT molecular complexity index is 1060. The van der Waals surface area contributed by atoms with E-state index in [0.29, 0.717) is 24.3 Å². The summed E-state index contributed by atoms with van der Waals surface area (Å²) in [5, 5.41) is 0. The number of aromatic nitrogens is 1. The topological polar surface area (TPSA) is 79.0 Å². The number of benzene rings is 2. The van der Waals surface area contributed by atoms with Gasteiger partial charge in [0.05, 0.1) is 6.61 Å². The summed E-state index contributed by atoms with van der Waals surface area (Å²) in [6, 6.07) is 18.7. The number of halogens is 1. The van der Waals surface area contributed by atoms with Crippen LogP contribution in [0, 0.1) is 5.95 Å². The van der Waals surface area contributed by atoms with Gasteiger partial charge in [-0.1, -0.05) is 30.3 Å². The van der Waals surface area contributed by atoms with Gasteiger partial charge in [0, 0.05) is 18.9 Å². The van der Waals surface area contributed by atoms with Crippen LogP contribution >= 0.6 is 0 Å². The van der Waals surface area contributed by atoms with Gasteiger partial charge in [-0.2, -0.15) is 4.39 Å². The maximum atomic E-state index is 14.2. The Kier molecular flexibility index (Phi) is 5.63. The Morgan fingerprint density at radius 3 is 2.60 bits per heavy atom. The van der Waals surface area contributed by atoms with Gasteiger partial charge >= 0.3 is 0 Å². The molecule has 0 saturated heterocycles. The fourth-order valence-electron chi connectivity index (χ4n) is 3.51. The molecule has 0 fully saturated rings. The third-order valence-electron chi connectivity index (χ3n) is 5.03. The summed E-state index contributed by atoms with van der Waals surface area (Å²) in [5.74, 6) is 0.208. The lowest BCUT2D eigenvalue weighted by atomic mass is 9.83. The minimum absolute atomic E-state index is 0.119. The van der Waals surface area contributed by atoms with Gasteiger partial charge in [0.15, 0.2) is 5.54 Å². The van der Waals surface area contributed by atoms with Crippen LogP contribution in [0.5, 0.6) is 5.75 Å². The largest absolute Gasteiger partial charge is 0.491 e. The molecule has 0 aliphatic carbocycles. The Hall–Kier alpha value is -3.45. The standard InChI is InChI=1S/C23H22FN3O3/c1-28-12-13-29-19-9-7-17(8-10-19)23(15-30-22(25)27-23)18-5-2-4-16(14-18)20-6-3-11-26-21(20)24/h2-11,14H,12-13,15H2,1H3,(H2,25,27). The average molecular weight is 407 g/mol. The van der Waals surface area contributed by atoms with Crippen molar-refractivity contribution in [3.8, 4) is 16.9 Å². The molecule has 0 bridgehead atoms. The molecular weight excluding hydrogens is 385 g/mol. The summed E-state index contributed by atoms with van der Waals surface area (Å²) in [6.07, 6.45) is 1.43. The van der Waals surface area contributed by atoms with E-state index in [1.807, 2.05) is 48.5 Å². The molecule has 0 saturated carbocycles. The van der Waals surface area contributed by atoms with Gasteiger partial charge in [-0.3, -0.25) is 0 Å². The lowest BCUT2D eigenvalue weighted by molar-refractivity contribution is 0.146. The van der Waals surface area contributed by atoms with E-state index in [4.69, 9.17) is 19.9 Å². The first-order chi connectivity index (χ1) is 14.6. The molecule has 1 atom stereocenters. The average Bonchev–Trinajstić information content (AvgIpc) is 3.18. The van der Waals surface area contributed by atoms with Gasteiger partial charge in [-0.25, -0.2) is 9.98 Å². The van der Waals surface area contributed by atoms with Crippen LogP contribution in [0.4, 0.5) is 4.39 Å². The molecule has 1 aliphatic heterocycles. The second kappa shape index (κ2) is 8.51. The van der Waals surface area contributed by atoms with Crippen molar-refractivity contribution in [3.63, 3.8) is 0 Å². The first-order valence-electron chi connectivity index (χ1n) is 9.54. The lowest BCUT2D eigenvalue weighted by Gasteiger charge is -2.26. The Balaban J connectivity index is 1.72. The van der Waals surface area contributed by atoms with Crippen LogP contribution in [0.25, 0.3) is 11.1 Å². The summed E-state index contributed by atoms with van der Waals surface area (Å²) < 4.78 is 30.4. The molecule has 154 valence electrons. The fraction of sp³-hybridized carbons (Fsp3) is 0.217. The van der Waals surface area contributed by atoms with Crippen LogP contribution < -0.4 is 10.5 Å². The zero-order valence-electron chi connectivity index (χ0n) is 16.5. The SMILES string of the molecule is COCCOc1ccc(C2(c3cccc(-c4cccnc4F)c3)COC(N)=N2)cc1. The molecule has 1 aromatic heterocycles. The highest BCUT2D eigenvalue weighted by Gasteiger charge is 2.40. The van der Waals surface area contributed by atoms with Crippen molar-refractivity contribution in [2.24, 2.45) is 10.7 Å². The number of nitrogens with two attached hydrogens (primary N) is 1.